The number of hydrogen-bond donors (Lipinski definition) is 1. The van der Waals surface area contributed by atoms with E-state index in [2.05, 4.69) is 51.4 Å². The van der Waals surface area contributed by atoms with E-state index >= 15 is 0 Å². The van der Waals surface area contributed by atoms with Crippen molar-refractivity contribution in [2.75, 3.05) is 29.9 Å². The number of hydrogen-bond acceptors (Lipinski definition) is 5. The van der Waals surface area contributed by atoms with Crippen molar-refractivity contribution in [2.45, 2.75) is 26.2 Å². The van der Waals surface area contributed by atoms with E-state index in [1.54, 1.807) is 12.4 Å². The van der Waals surface area contributed by atoms with Crippen molar-refractivity contribution < 1.29 is 0 Å². The first-order valence-corrected chi connectivity index (χ1v) is 9.06. The Morgan fingerprint density at radius 3 is 2.56 bits per heavy atom. The minimum absolute atomic E-state index is 0.898. The van der Waals surface area contributed by atoms with Crippen LogP contribution < -0.4 is 10.2 Å². The van der Waals surface area contributed by atoms with Crippen molar-refractivity contribution in [1.82, 2.24) is 15.0 Å². The molecular weight excluding hydrogens is 310 g/mol. The molecular formula is C20H23N5. The molecule has 25 heavy (non-hydrogen) atoms. The lowest BCUT2D eigenvalue weighted by molar-refractivity contribution is 0.942. The van der Waals surface area contributed by atoms with Crippen LogP contribution in [-0.4, -0.2) is 34.6 Å². The van der Waals surface area contributed by atoms with Gasteiger partial charge in [0.15, 0.2) is 5.82 Å². The number of rotatable bonds is 5. The second kappa shape index (κ2) is 7.05. The van der Waals surface area contributed by atoms with Crippen molar-refractivity contribution in [3.05, 3.63) is 42.7 Å². The molecule has 3 aromatic rings. The number of pyridine rings is 1. The van der Waals surface area contributed by atoms with Gasteiger partial charge < -0.3 is 10.2 Å². The van der Waals surface area contributed by atoms with Gasteiger partial charge in [-0.05, 0) is 37.5 Å². The molecule has 1 aliphatic rings. The molecule has 0 aliphatic carbocycles. The largest absolute Gasteiger partial charge is 0.385 e. The molecule has 5 nitrogen and oxygen atoms in total. The standard InChI is InChI=1S/C20H23N5/c1-2-9-21-16-7-5-15(6-8-16)17-14-18-19(23-11-10-22-18)20(24-17)25-12-3-4-13-25/h5-8,10-11,14,21H,2-4,9,12-13H2,1H3. The summed E-state index contributed by atoms with van der Waals surface area (Å²) in [7, 11) is 0. The van der Waals surface area contributed by atoms with Crippen molar-refractivity contribution in [3.8, 4) is 11.3 Å². The monoisotopic (exact) mass is 333 g/mol. The van der Waals surface area contributed by atoms with Crippen LogP contribution in [0.5, 0.6) is 0 Å². The highest BCUT2D eigenvalue weighted by Crippen LogP contribution is 2.30. The summed E-state index contributed by atoms with van der Waals surface area (Å²) >= 11 is 0. The fourth-order valence-corrected chi connectivity index (χ4v) is 3.28. The predicted octanol–water partition coefficient (Wildman–Crippen LogP) is 4.11. The predicted molar refractivity (Wildman–Crippen MR) is 103 cm³/mol. The third-order valence-corrected chi connectivity index (χ3v) is 4.60. The minimum Gasteiger partial charge on any atom is -0.385 e. The first-order chi connectivity index (χ1) is 12.3. The number of nitrogens with zero attached hydrogens (tertiary/aromatic N) is 4. The van der Waals surface area contributed by atoms with Crippen LogP contribution in [0.1, 0.15) is 26.2 Å². The first kappa shape index (κ1) is 15.8. The van der Waals surface area contributed by atoms with Gasteiger partial charge in [-0.1, -0.05) is 19.1 Å². The number of aromatic nitrogens is 3. The first-order valence-electron chi connectivity index (χ1n) is 9.06. The van der Waals surface area contributed by atoms with Crippen molar-refractivity contribution in [3.63, 3.8) is 0 Å². The minimum atomic E-state index is 0.898. The average molecular weight is 333 g/mol. The van der Waals surface area contributed by atoms with E-state index in [9.17, 15) is 0 Å². The normalized spacial score (nSPS) is 14.2. The molecule has 0 bridgehead atoms. The van der Waals surface area contributed by atoms with Crippen molar-refractivity contribution in [2.24, 2.45) is 0 Å². The molecule has 0 atom stereocenters. The second-order valence-corrected chi connectivity index (χ2v) is 6.45. The van der Waals surface area contributed by atoms with Gasteiger partial charge in [0.2, 0.25) is 0 Å². The van der Waals surface area contributed by atoms with Crippen LogP contribution in [0.2, 0.25) is 0 Å². The maximum Gasteiger partial charge on any atom is 0.157 e. The SMILES string of the molecule is CCCNc1ccc(-c2cc3nccnc3c(N3CCCC3)n2)cc1. The molecule has 0 spiro atoms. The summed E-state index contributed by atoms with van der Waals surface area (Å²) in [6, 6.07) is 10.5. The average Bonchev–Trinajstić information content (AvgIpc) is 3.20. The van der Waals surface area contributed by atoms with Crippen LogP contribution in [-0.2, 0) is 0 Å². The Hall–Kier alpha value is -2.69. The van der Waals surface area contributed by atoms with Gasteiger partial charge in [-0.3, -0.25) is 4.98 Å². The summed E-state index contributed by atoms with van der Waals surface area (Å²) < 4.78 is 0. The van der Waals surface area contributed by atoms with Crippen molar-refractivity contribution >= 4 is 22.5 Å². The zero-order valence-electron chi connectivity index (χ0n) is 14.6. The van der Waals surface area contributed by atoms with Crippen LogP contribution in [0, 0.1) is 0 Å². The fourth-order valence-electron chi connectivity index (χ4n) is 3.28. The lowest BCUT2D eigenvalue weighted by atomic mass is 10.1. The molecule has 0 radical (unpaired) electrons. The molecule has 5 heteroatoms. The Kier molecular flexibility index (Phi) is 4.46. The summed E-state index contributed by atoms with van der Waals surface area (Å²) in [6.07, 6.45) is 7.04. The van der Waals surface area contributed by atoms with Gasteiger partial charge in [0.05, 0.1) is 11.2 Å². The molecule has 0 unspecified atom stereocenters. The number of benzene rings is 1. The molecule has 4 rings (SSSR count). The molecule has 0 saturated carbocycles. The van der Waals surface area contributed by atoms with E-state index in [1.807, 2.05) is 6.07 Å². The van der Waals surface area contributed by atoms with Crippen molar-refractivity contribution in [1.29, 1.82) is 0 Å². The smallest absolute Gasteiger partial charge is 0.157 e. The van der Waals surface area contributed by atoms with E-state index in [4.69, 9.17) is 4.98 Å². The van der Waals surface area contributed by atoms with E-state index in [1.165, 1.54) is 12.8 Å². The van der Waals surface area contributed by atoms with Gasteiger partial charge in [-0.2, -0.15) is 0 Å². The molecule has 1 aliphatic heterocycles. The topological polar surface area (TPSA) is 53.9 Å². The highest BCUT2D eigenvalue weighted by atomic mass is 15.2. The molecule has 2 aromatic heterocycles. The molecule has 1 aromatic carbocycles. The summed E-state index contributed by atoms with van der Waals surface area (Å²) in [5.74, 6) is 0.964. The fraction of sp³-hybridized carbons (Fsp3) is 0.350. The van der Waals surface area contributed by atoms with Crippen LogP contribution in [0.4, 0.5) is 11.5 Å². The van der Waals surface area contributed by atoms with Gasteiger partial charge in [0, 0.05) is 43.3 Å². The molecule has 1 N–H and O–H groups in total. The van der Waals surface area contributed by atoms with Crippen LogP contribution in [0.25, 0.3) is 22.3 Å². The summed E-state index contributed by atoms with van der Waals surface area (Å²) in [6.45, 7) is 5.24. The molecule has 0 amide bonds. The van der Waals surface area contributed by atoms with E-state index in [0.29, 0.717) is 0 Å². The second-order valence-electron chi connectivity index (χ2n) is 6.45. The Balaban J connectivity index is 1.74. The Bertz CT molecular complexity index is 854. The Morgan fingerprint density at radius 2 is 1.80 bits per heavy atom. The molecule has 3 heterocycles. The van der Waals surface area contributed by atoms with Crippen LogP contribution in [0.15, 0.2) is 42.7 Å². The van der Waals surface area contributed by atoms with Gasteiger partial charge in [0.25, 0.3) is 0 Å². The van der Waals surface area contributed by atoms with Crippen LogP contribution >= 0.6 is 0 Å². The highest BCUT2D eigenvalue weighted by molar-refractivity contribution is 5.89. The van der Waals surface area contributed by atoms with Gasteiger partial charge in [-0.15, -0.1) is 0 Å². The highest BCUT2D eigenvalue weighted by Gasteiger charge is 2.19. The number of nitrogens with one attached hydrogen (secondary N) is 1. The summed E-state index contributed by atoms with van der Waals surface area (Å²) in [5, 5.41) is 3.41. The zero-order valence-corrected chi connectivity index (χ0v) is 14.6. The van der Waals surface area contributed by atoms with E-state index in [-0.39, 0.29) is 0 Å². The third kappa shape index (κ3) is 3.27. The number of fused-ring (bicyclic) bond motifs is 1. The van der Waals surface area contributed by atoms with Crippen LogP contribution in [0.3, 0.4) is 0 Å². The van der Waals surface area contributed by atoms with E-state index in [0.717, 1.165) is 59.9 Å². The van der Waals surface area contributed by atoms with Gasteiger partial charge in [-0.25, -0.2) is 9.97 Å². The maximum absolute atomic E-state index is 4.95. The Labute approximate surface area is 148 Å². The number of anilines is 2. The van der Waals surface area contributed by atoms with Gasteiger partial charge in [0.1, 0.15) is 5.52 Å². The summed E-state index contributed by atoms with van der Waals surface area (Å²) in [5.41, 5.74) is 5.01. The lowest BCUT2D eigenvalue weighted by Crippen LogP contribution is -2.20. The zero-order chi connectivity index (χ0) is 17.1. The molecule has 128 valence electrons. The maximum atomic E-state index is 4.95. The quantitative estimate of drug-likeness (QED) is 0.761. The molecule has 1 saturated heterocycles. The summed E-state index contributed by atoms with van der Waals surface area (Å²) in [4.78, 5) is 16.3. The van der Waals surface area contributed by atoms with E-state index < -0.39 is 0 Å². The van der Waals surface area contributed by atoms with Gasteiger partial charge >= 0.3 is 0 Å². The third-order valence-electron chi connectivity index (χ3n) is 4.60. The molecule has 1 fully saturated rings. The lowest BCUT2D eigenvalue weighted by Gasteiger charge is -2.18. The Morgan fingerprint density at radius 1 is 1.04 bits per heavy atom.